The second-order valence-electron chi connectivity index (χ2n) is 6.86. The van der Waals surface area contributed by atoms with Crippen molar-refractivity contribution in [1.29, 1.82) is 0 Å². The first-order valence-corrected chi connectivity index (χ1v) is 9.46. The van der Waals surface area contributed by atoms with Crippen molar-refractivity contribution in [3.8, 4) is 11.5 Å². The second kappa shape index (κ2) is 9.25. The van der Waals surface area contributed by atoms with Gasteiger partial charge in [0.25, 0.3) is 0 Å². The highest BCUT2D eigenvalue weighted by atomic mass is 16.7. The molecule has 0 saturated heterocycles. The average molecular weight is 384 g/mol. The Labute approximate surface area is 165 Å². The Morgan fingerprint density at radius 1 is 1.36 bits per heavy atom. The number of guanidine groups is 1. The van der Waals surface area contributed by atoms with Gasteiger partial charge in [-0.2, -0.15) is 0 Å². The highest BCUT2D eigenvalue weighted by molar-refractivity contribution is 5.79. The molecule has 0 unspecified atom stereocenters. The van der Waals surface area contributed by atoms with Gasteiger partial charge >= 0.3 is 0 Å². The van der Waals surface area contributed by atoms with Gasteiger partial charge in [0, 0.05) is 33.1 Å². The number of hydrogen-bond donors (Lipinski definition) is 1. The van der Waals surface area contributed by atoms with Crippen molar-refractivity contribution in [2.24, 2.45) is 4.99 Å². The normalized spacial score (nSPS) is 12.9. The molecule has 3 rings (SSSR count). The van der Waals surface area contributed by atoms with Gasteiger partial charge in [-0.3, -0.25) is 0 Å². The van der Waals surface area contributed by atoms with Gasteiger partial charge in [0.15, 0.2) is 17.5 Å². The van der Waals surface area contributed by atoms with Crippen molar-refractivity contribution in [3.05, 3.63) is 48.1 Å². The van der Waals surface area contributed by atoms with E-state index in [4.69, 9.17) is 9.47 Å². The molecule has 0 bridgehead atoms. The monoisotopic (exact) mass is 384 g/mol. The zero-order chi connectivity index (χ0) is 19.9. The first-order chi connectivity index (χ1) is 13.6. The van der Waals surface area contributed by atoms with Crippen LogP contribution in [0.15, 0.2) is 41.7 Å². The average Bonchev–Trinajstić information content (AvgIpc) is 3.32. The summed E-state index contributed by atoms with van der Waals surface area (Å²) >= 11 is 0. The molecular formula is C20H28N6O2. The van der Waals surface area contributed by atoms with Gasteiger partial charge in [0.1, 0.15) is 12.2 Å². The molecular weight excluding hydrogens is 356 g/mol. The van der Waals surface area contributed by atoms with E-state index in [1.165, 1.54) is 0 Å². The van der Waals surface area contributed by atoms with Crippen LogP contribution in [-0.4, -0.2) is 52.6 Å². The lowest BCUT2D eigenvalue weighted by molar-refractivity contribution is 0.174. The predicted molar refractivity (Wildman–Crippen MR) is 109 cm³/mol. The Balaban J connectivity index is 1.63. The number of aromatic nitrogens is 3. The number of nitrogens with one attached hydrogen (secondary N) is 1. The first kappa shape index (κ1) is 19.7. The van der Waals surface area contributed by atoms with E-state index in [1.54, 1.807) is 6.33 Å². The van der Waals surface area contributed by atoms with Crippen LogP contribution in [0.3, 0.4) is 0 Å². The summed E-state index contributed by atoms with van der Waals surface area (Å²) in [5.74, 6) is 3.39. The molecule has 0 radical (unpaired) electrons. The summed E-state index contributed by atoms with van der Waals surface area (Å²) in [5.41, 5.74) is 2.14. The molecule has 150 valence electrons. The van der Waals surface area contributed by atoms with E-state index in [0.717, 1.165) is 53.9 Å². The number of ether oxygens (including phenoxy) is 2. The molecule has 0 atom stereocenters. The van der Waals surface area contributed by atoms with Crippen molar-refractivity contribution < 1.29 is 9.47 Å². The summed E-state index contributed by atoms with van der Waals surface area (Å²) in [6.07, 6.45) is 2.63. The lowest BCUT2D eigenvalue weighted by Gasteiger charge is -2.23. The molecule has 2 heterocycles. The maximum Gasteiger partial charge on any atom is 0.231 e. The quantitative estimate of drug-likeness (QED) is 0.427. The highest BCUT2D eigenvalue weighted by Crippen LogP contribution is 2.32. The molecule has 1 N–H and O–H groups in total. The Morgan fingerprint density at radius 2 is 2.18 bits per heavy atom. The van der Waals surface area contributed by atoms with Crippen molar-refractivity contribution in [2.75, 3.05) is 26.9 Å². The van der Waals surface area contributed by atoms with E-state index in [9.17, 15) is 0 Å². The fourth-order valence-electron chi connectivity index (χ4n) is 2.94. The number of benzene rings is 1. The van der Waals surface area contributed by atoms with Gasteiger partial charge in [0.05, 0.1) is 6.54 Å². The van der Waals surface area contributed by atoms with Crippen LogP contribution in [0.2, 0.25) is 0 Å². The van der Waals surface area contributed by atoms with Crippen LogP contribution in [-0.2, 0) is 19.5 Å². The Kier molecular flexibility index (Phi) is 6.52. The highest BCUT2D eigenvalue weighted by Gasteiger charge is 2.15. The minimum atomic E-state index is 0.282. The van der Waals surface area contributed by atoms with Crippen LogP contribution >= 0.6 is 0 Å². The van der Waals surface area contributed by atoms with Crippen LogP contribution in [0.25, 0.3) is 0 Å². The zero-order valence-corrected chi connectivity index (χ0v) is 16.8. The first-order valence-electron chi connectivity index (χ1n) is 9.46. The van der Waals surface area contributed by atoms with Crippen LogP contribution in [0.4, 0.5) is 0 Å². The number of rotatable bonds is 8. The van der Waals surface area contributed by atoms with Crippen LogP contribution in [0, 0.1) is 0 Å². The molecule has 0 amide bonds. The number of nitrogens with zero attached hydrogens (tertiary/aromatic N) is 5. The molecule has 2 aromatic rings. The van der Waals surface area contributed by atoms with Gasteiger partial charge in [-0.05, 0) is 24.6 Å². The maximum atomic E-state index is 5.48. The lowest BCUT2D eigenvalue weighted by Crippen LogP contribution is -2.40. The summed E-state index contributed by atoms with van der Waals surface area (Å²) in [6.45, 7) is 11.1. The summed E-state index contributed by atoms with van der Waals surface area (Å²) in [6, 6.07) is 6.01. The minimum absolute atomic E-state index is 0.282. The predicted octanol–water partition coefficient (Wildman–Crippen LogP) is 2.22. The molecule has 8 nitrogen and oxygen atoms in total. The summed E-state index contributed by atoms with van der Waals surface area (Å²) < 4.78 is 12.9. The molecule has 1 aliphatic heterocycles. The van der Waals surface area contributed by atoms with E-state index in [-0.39, 0.29) is 6.79 Å². The summed E-state index contributed by atoms with van der Waals surface area (Å²) in [5, 5.41) is 11.5. The van der Waals surface area contributed by atoms with Crippen molar-refractivity contribution >= 4 is 5.96 Å². The third kappa shape index (κ3) is 5.03. The number of fused-ring (bicyclic) bond motifs is 1. The largest absolute Gasteiger partial charge is 0.454 e. The van der Waals surface area contributed by atoms with Crippen LogP contribution < -0.4 is 14.8 Å². The smallest absolute Gasteiger partial charge is 0.231 e. The van der Waals surface area contributed by atoms with Crippen LogP contribution in [0.1, 0.15) is 25.2 Å². The molecule has 0 saturated carbocycles. The maximum absolute atomic E-state index is 5.48. The van der Waals surface area contributed by atoms with E-state index < -0.39 is 0 Å². The standard InChI is InChI=1S/C20H28N6O2/c1-5-19-24-23-13-26(19)9-8-21-20(22-11-15(2)3)25(4)12-16-6-7-17-18(10-16)28-14-27-17/h6-7,10,13H,2,5,8-9,11-12,14H2,1,3-4H3,(H,21,22). The number of aryl methyl sites for hydroxylation is 1. The second-order valence-corrected chi connectivity index (χ2v) is 6.86. The molecule has 0 spiro atoms. The molecule has 1 aromatic heterocycles. The molecule has 0 aliphatic carbocycles. The summed E-state index contributed by atoms with van der Waals surface area (Å²) in [7, 11) is 2.02. The van der Waals surface area contributed by atoms with Crippen LogP contribution in [0.5, 0.6) is 11.5 Å². The lowest BCUT2D eigenvalue weighted by atomic mass is 10.2. The van der Waals surface area contributed by atoms with E-state index in [0.29, 0.717) is 13.1 Å². The molecule has 0 fully saturated rings. The molecule has 8 heteroatoms. The Bertz CT molecular complexity index is 845. The zero-order valence-electron chi connectivity index (χ0n) is 16.8. The van der Waals surface area contributed by atoms with Gasteiger partial charge in [-0.15, -0.1) is 10.2 Å². The number of hydrogen-bond acceptors (Lipinski definition) is 5. The minimum Gasteiger partial charge on any atom is -0.454 e. The molecule has 1 aliphatic rings. The van der Waals surface area contributed by atoms with Crippen molar-refractivity contribution in [1.82, 2.24) is 25.0 Å². The Morgan fingerprint density at radius 3 is 2.96 bits per heavy atom. The third-order valence-corrected chi connectivity index (χ3v) is 4.36. The van der Waals surface area contributed by atoms with E-state index in [1.807, 2.05) is 32.2 Å². The van der Waals surface area contributed by atoms with Gasteiger partial charge in [0.2, 0.25) is 6.79 Å². The third-order valence-electron chi connectivity index (χ3n) is 4.36. The van der Waals surface area contributed by atoms with Crippen molar-refractivity contribution in [3.63, 3.8) is 0 Å². The topological polar surface area (TPSA) is 76.8 Å². The van der Waals surface area contributed by atoms with E-state index in [2.05, 4.69) is 43.5 Å². The van der Waals surface area contributed by atoms with Gasteiger partial charge in [-0.1, -0.05) is 25.1 Å². The fourth-order valence-corrected chi connectivity index (χ4v) is 2.94. The Hall–Kier alpha value is -3.03. The SMILES string of the molecule is C=C(C)CN=C(NCCn1cnnc1CC)N(C)Cc1ccc2c(c1)OCO2. The molecule has 28 heavy (non-hydrogen) atoms. The molecule has 1 aromatic carbocycles. The van der Waals surface area contributed by atoms with E-state index >= 15 is 0 Å². The fraction of sp³-hybridized carbons (Fsp3) is 0.450. The van der Waals surface area contributed by atoms with Gasteiger partial charge in [-0.25, -0.2) is 4.99 Å². The van der Waals surface area contributed by atoms with Crippen molar-refractivity contribution in [2.45, 2.75) is 33.4 Å². The number of aliphatic imine (C=N–C) groups is 1. The summed E-state index contributed by atoms with van der Waals surface area (Å²) in [4.78, 5) is 6.78. The van der Waals surface area contributed by atoms with Gasteiger partial charge < -0.3 is 24.3 Å².